The maximum Gasteiger partial charge on any atom is 0.511 e. The number of esters is 1. The quantitative estimate of drug-likeness (QED) is 0.0462. The lowest BCUT2D eigenvalue weighted by molar-refractivity contribution is -0.938. The molecule has 47 heavy (non-hydrogen) atoms. The van der Waals surface area contributed by atoms with Gasteiger partial charge in [0.25, 0.3) is 11.4 Å². The van der Waals surface area contributed by atoms with E-state index >= 15 is 0 Å². The van der Waals surface area contributed by atoms with Gasteiger partial charge < -0.3 is 23.2 Å². The van der Waals surface area contributed by atoms with Crippen molar-refractivity contribution in [2.24, 2.45) is 0 Å². The van der Waals surface area contributed by atoms with Crippen molar-refractivity contribution in [1.82, 2.24) is 0 Å². The van der Waals surface area contributed by atoms with Crippen molar-refractivity contribution >= 4 is 23.5 Å². The summed E-state index contributed by atoms with van der Waals surface area (Å²) < 4.78 is 16.5. The third kappa shape index (κ3) is 11.2. The predicted octanol–water partition coefficient (Wildman–Crippen LogP) is 5.89. The van der Waals surface area contributed by atoms with E-state index in [4.69, 9.17) is 14.2 Å². The second-order valence-corrected chi connectivity index (χ2v) is 12.4. The molecule has 0 saturated carbocycles. The highest BCUT2D eigenvalue weighted by molar-refractivity contribution is 5.70. The Balaban J connectivity index is 1.22. The monoisotopic (exact) mass is 650 g/mol. The van der Waals surface area contributed by atoms with Crippen molar-refractivity contribution < 1.29 is 42.6 Å². The van der Waals surface area contributed by atoms with Crippen LogP contribution in [0.25, 0.3) is 0 Å². The number of hydrogen-bond donors (Lipinski definition) is 0. The van der Waals surface area contributed by atoms with Crippen LogP contribution in [-0.4, -0.2) is 77.6 Å². The van der Waals surface area contributed by atoms with Gasteiger partial charge in [-0.3, -0.25) is 20.2 Å². The molecule has 13 nitrogen and oxygen atoms in total. The largest absolute Gasteiger partial charge is 0.511 e. The number of rotatable bonds is 16. The summed E-state index contributed by atoms with van der Waals surface area (Å²) in [4.78, 5) is 46.2. The van der Waals surface area contributed by atoms with Crippen LogP contribution in [0.5, 0.6) is 0 Å². The smallest absolute Gasteiger partial charge is 0.434 e. The molecule has 0 radical (unpaired) electrons. The first-order chi connectivity index (χ1) is 22.5. The van der Waals surface area contributed by atoms with Gasteiger partial charge in [-0.25, -0.2) is 9.59 Å². The zero-order valence-corrected chi connectivity index (χ0v) is 26.7. The Hall–Kier alpha value is -4.88. The molecule has 0 aliphatic carbocycles. The summed E-state index contributed by atoms with van der Waals surface area (Å²) in [6.45, 7) is 3.73. The SMILES string of the molecule is C[N+](CCCOC(=O)OCOC(=O)C[N+]1(Cc2ccc([N+](=O)[O-])cc2)CCCCC1)(Cc1ccccc1)Cc1ccc([N+](=O)[O-])cc1. The molecule has 250 valence electrons. The molecule has 1 aliphatic heterocycles. The third-order valence-corrected chi connectivity index (χ3v) is 8.47. The molecule has 0 aromatic heterocycles. The van der Waals surface area contributed by atoms with E-state index in [9.17, 15) is 29.8 Å². The highest BCUT2D eigenvalue weighted by atomic mass is 16.8. The summed E-state index contributed by atoms with van der Waals surface area (Å²) in [6.07, 6.45) is 2.60. The predicted molar refractivity (Wildman–Crippen MR) is 172 cm³/mol. The summed E-state index contributed by atoms with van der Waals surface area (Å²) >= 11 is 0. The molecule has 1 atom stereocenters. The van der Waals surface area contributed by atoms with Gasteiger partial charge in [-0.1, -0.05) is 30.3 Å². The highest BCUT2D eigenvalue weighted by Crippen LogP contribution is 2.25. The van der Waals surface area contributed by atoms with Gasteiger partial charge in [-0.05, 0) is 43.5 Å². The fraction of sp³-hybridized carbons (Fsp3) is 0.412. The summed E-state index contributed by atoms with van der Waals surface area (Å²) in [5, 5.41) is 22.1. The van der Waals surface area contributed by atoms with Crippen LogP contribution in [0.1, 0.15) is 42.4 Å². The Labute approximate surface area is 273 Å². The molecule has 3 aromatic carbocycles. The summed E-state index contributed by atoms with van der Waals surface area (Å²) in [5.74, 6) is -0.498. The number of nitro benzene ring substituents is 2. The number of carbonyl (C=O) groups excluding carboxylic acids is 2. The second kappa shape index (κ2) is 16.6. The number of piperidine rings is 1. The number of nitro groups is 2. The van der Waals surface area contributed by atoms with E-state index in [1.165, 1.54) is 24.3 Å². The van der Waals surface area contributed by atoms with Crippen LogP contribution < -0.4 is 0 Å². The Bertz CT molecular complexity index is 1490. The molecule has 1 aliphatic rings. The fourth-order valence-electron chi connectivity index (χ4n) is 6.17. The lowest BCUT2D eigenvalue weighted by Crippen LogP contribution is -2.53. The van der Waals surface area contributed by atoms with Gasteiger partial charge in [-0.15, -0.1) is 0 Å². The number of likely N-dealkylation sites (tertiary alicyclic amines) is 1. The summed E-state index contributed by atoms with van der Waals surface area (Å²) in [7, 11) is 2.09. The van der Waals surface area contributed by atoms with E-state index in [2.05, 4.69) is 7.05 Å². The maximum absolute atomic E-state index is 12.8. The van der Waals surface area contributed by atoms with Gasteiger partial charge in [-0.2, -0.15) is 0 Å². The van der Waals surface area contributed by atoms with Crippen LogP contribution in [0.15, 0.2) is 78.9 Å². The molecule has 13 heteroatoms. The van der Waals surface area contributed by atoms with Crippen molar-refractivity contribution in [3.8, 4) is 0 Å². The molecule has 1 heterocycles. The Kier molecular flexibility index (Phi) is 12.4. The zero-order chi connectivity index (χ0) is 33.7. The third-order valence-electron chi connectivity index (χ3n) is 8.47. The van der Waals surface area contributed by atoms with E-state index in [-0.39, 0.29) is 24.5 Å². The molecule has 4 rings (SSSR count). The molecule has 0 N–H and O–H groups in total. The molecular formula is C34H42N4O9+2. The van der Waals surface area contributed by atoms with Gasteiger partial charge in [0, 0.05) is 47.4 Å². The van der Waals surface area contributed by atoms with Crippen molar-refractivity contribution in [2.45, 2.75) is 45.3 Å². The van der Waals surface area contributed by atoms with E-state index in [1.807, 2.05) is 30.3 Å². The molecule has 3 aromatic rings. The number of nitrogens with zero attached hydrogens (tertiary/aromatic N) is 4. The van der Waals surface area contributed by atoms with Gasteiger partial charge in [0.15, 0.2) is 6.54 Å². The van der Waals surface area contributed by atoms with Crippen LogP contribution >= 0.6 is 0 Å². The van der Waals surface area contributed by atoms with Crippen LogP contribution in [-0.2, 0) is 38.6 Å². The molecular weight excluding hydrogens is 608 g/mol. The number of carbonyl (C=O) groups is 2. The van der Waals surface area contributed by atoms with Crippen LogP contribution in [0, 0.1) is 20.2 Å². The van der Waals surface area contributed by atoms with E-state index < -0.39 is 28.8 Å². The number of hydrogen-bond acceptors (Lipinski definition) is 9. The lowest BCUT2D eigenvalue weighted by Gasteiger charge is -2.40. The minimum atomic E-state index is -0.932. The fourth-order valence-corrected chi connectivity index (χ4v) is 6.17. The number of benzene rings is 3. The Morgan fingerprint density at radius 3 is 1.87 bits per heavy atom. The average molecular weight is 651 g/mol. The van der Waals surface area contributed by atoms with E-state index in [0.717, 1.165) is 49.0 Å². The molecule has 1 unspecified atom stereocenters. The first kappa shape index (κ1) is 35.0. The summed E-state index contributed by atoms with van der Waals surface area (Å²) in [5.41, 5.74) is 3.05. The summed E-state index contributed by atoms with van der Waals surface area (Å²) in [6, 6.07) is 22.9. The molecule has 1 fully saturated rings. The standard InChI is InChI=1S/C34H42N4O9/c1-37(23-28-9-4-2-5-10-28,24-29-11-15-31(16-12-29)35(41)42)19-8-22-45-34(40)47-27-46-33(39)26-38(20-6-3-7-21-38)25-30-13-17-32(18-14-30)36(43)44/h2,4-5,9-18H,3,6-8,19-27H2,1H3/q+2. The molecule has 0 spiro atoms. The van der Waals surface area contributed by atoms with Crippen molar-refractivity contribution in [3.63, 3.8) is 0 Å². The van der Waals surface area contributed by atoms with Crippen molar-refractivity contribution in [2.75, 3.05) is 46.6 Å². The maximum atomic E-state index is 12.8. The van der Waals surface area contributed by atoms with E-state index in [1.54, 1.807) is 24.3 Å². The minimum Gasteiger partial charge on any atom is -0.434 e. The van der Waals surface area contributed by atoms with Gasteiger partial charge in [0.1, 0.15) is 26.2 Å². The topological polar surface area (TPSA) is 148 Å². The van der Waals surface area contributed by atoms with Gasteiger partial charge >= 0.3 is 12.1 Å². The van der Waals surface area contributed by atoms with Crippen LogP contribution in [0.3, 0.4) is 0 Å². The minimum absolute atomic E-state index is 0.0184. The number of non-ortho nitro benzene ring substituents is 2. The Morgan fingerprint density at radius 1 is 0.745 bits per heavy atom. The molecule has 1 saturated heterocycles. The van der Waals surface area contributed by atoms with E-state index in [0.29, 0.717) is 41.6 Å². The van der Waals surface area contributed by atoms with Gasteiger partial charge in [0.2, 0.25) is 6.79 Å². The Morgan fingerprint density at radius 2 is 1.30 bits per heavy atom. The molecule has 0 bridgehead atoms. The zero-order valence-electron chi connectivity index (χ0n) is 26.7. The lowest BCUT2D eigenvalue weighted by atomic mass is 10.0. The first-order valence-electron chi connectivity index (χ1n) is 15.7. The van der Waals surface area contributed by atoms with Crippen molar-refractivity contribution in [1.29, 1.82) is 0 Å². The highest BCUT2D eigenvalue weighted by Gasteiger charge is 2.34. The molecule has 0 amide bonds. The van der Waals surface area contributed by atoms with Crippen LogP contribution in [0.4, 0.5) is 16.2 Å². The first-order valence-corrected chi connectivity index (χ1v) is 15.7. The average Bonchev–Trinajstić information content (AvgIpc) is 3.04. The number of quaternary nitrogens is 2. The van der Waals surface area contributed by atoms with Gasteiger partial charge in [0.05, 0.1) is 36.5 Å². The van der Waals surface area contributed by atoms with Crippen LogP contribution in [0.2, 0.25) is 0 Å². The van der Waals surface area contributed by atoms with Crippen molar-refractivity contribution in [3.05, 3.63) is 116 Å². The normalized spacial score (nSPS) is 15.2. The number of ether oxygens (including phenoxy) is 3. The second-order valence-electron chi connectivity index (χ2n) is 12.4.